The van der Waals surface area contributed by atoms with Crippen LogP contribution in [0.1, 0.15) is 11.1 Å². The van der Waals surface area contributed by atoms with Gasteiger partial charge in [0.15, 0.2) is 0 Å². The van der Waals surface area contributed by atoms with Crippen LogP contribution in [0.3, 0.4) is 0 Å². The molecule has 2 rings (SSSR count). The molecular formula is C14H10BrF3O3S2. The van der Waals surface area contributed by atoms with Crippen LogP contribution in [0.5, 0.6) is 0 Å². The average Bonchev–Trinajstić information content (AvgIpc) is 2.97. The van der Waals surface area contributed by atoms with Crippen molar-refractivity contribution in [3.63, 3.8) is 0 Å². The lowest BCUT2D eigenvalue weighted by Crippen LogP contribution is -2.19. The summed E-state index contributed by atoms with van der Waals surface area (Å²) in [5.41, 5.74) is 0.955. The van der Waals surface area contributed by atoms with Crippen molar-refractivity contribution in [1.29, 1.82) is 0 Å². The van der Waals surface area contributed by atoms with E-state index in [9.17, 15) is 21.6 Å². The van der Waals surface area contributed by atoms with Gasteiger partial charge in [-0.15, -0.1) is 0 Å². The van der Waals surface area contributed by atoms with E-state index >= 15 is 0 Å². The van der Waals surface area contributed by atoms with E-state index in [1.807, 2.05) is 0 Å². The summed E-state index contributed by atoms with van der Waals surface area (Å²) in [5.74, 6) is -1.61. The summed E-state index contributed by atoms with van der Waals surface area (Å²) in [6.45, 7) is 1.73. The Hall–Kier alpha value is -1.32. The minimum Gasteiger partial charge on any atom is -0.372 e. The van der Waals surface area contributed by atoms with Crippen LogP contribution in [-0.4, -0.2) is 14.6 Å². The second-order valence-corrected chi connectivity index (χ2v) is 7.62. The van der Waals surface area contributed by atoms with Gasteiger partial charge in [0.05, 0.1) is 4.48 Å². The van der Waals surface area contributed by atoms with Gasteiger partial charge in [-0.2, -0.15) is 32.9 Å². The highest BCUT2D eigenvalue weighted by atomic mass is 79.9. The molecule has 0 amide bonds. The molecule has 0 unspecified atom stereocenters. The van der Waals surface area contributed by atoms with E-state index in [1.165, 1.54) is 47.0 Å². The first-order chi connectivity index (χ1) is 10.6. The summed E-state index contributed by atoms with van der Waals surface area (Å²) < 4.78 is 67.7. The SMILES string of the molecule is Cc1ccc(S(=O)(=O)O/C(=C(/Br)c2ccsc2)C(F)(F)F)cc1. The molecule has 0 radical (unpaired) electrons. The van der Waals surface area contributed by atoms with Gasteiger partial charge in [-0.1, -0.05) is 17.7 Å². The van der Waals surface area contributed by atoms with Crippen molar-refractivity contribution in [2.45, 2.75) is 18.0 Å². The van der Waals surface area contributed by atoms with Gasteiger partial charge >= 0.3 is 16.3 Å². The Balaban J connectivity index is 2.47. The number of aryl methyl sites for hydroxylation is 1. The summed E-state index contributed by atoms with van der Waals surface area (Å²) in [6.07, 6.45) is -4.97. The zero-order chi connectivity index (χ0) is 17.3. The van der Waals surface area contributed by atoms with E-state index in [0.29, 0.717) is 0 Å². The highest BCUT2D eigenvalue weighted by molar-refractivity contribution is 9.15. The van der Waals surface area contributed by atoms with Gasteiger partial charge in [-0.3, -0.25) is 0 Å². The average molecular weight is 427 g/mol. The lowest BCUT2D eigenvalue weighted by molar-refractivity contribution is -0.114. The summed E-state index contributed by atoms with van der Waals surface area (Å²) in [6, 6.07) is 6.75. The molecule has 1 aromatic carbocycles. The molecule has 23 heavy (non-hydrogen) atoms. The van der Waals surface area contributed by atoms with Gasteiger partial charge in [0.1, 0.15) is 4.90 Å². The van der Waals surface area contributed by atoms with E-state index < -0.39 is 26.5 Å². The third-order valence-electron chi connectivity index (χ3n) is 2.73. The van der Waals surface area contributed by atoms with E-state index in [0.717, 1.165) is 5.56 Å². The second kappa shape index (κ2) is 6.66. The van der Waals surface area contributed by atoms with Gasteiger partial charge < -0.3 is 4.18 Å². The van der Waals surface area contributed by atoms with E-state index in [-0.39, 0.29) is 10.5 Å². The maximum atomic E-state index is 13.2. The highest BCUT2D eigenvalue weighted by Crippen LogP contribution is 2.39. The first kappa shape index (κ1) is 18.0. The number of benzene rings is 1. The lowest BCUT2D eigenvalue weighted by atomic mass is 10.2. The van der Waals surface area contributed by atoms with Crippen molar-refractivity contribution < 1.29 is 25.8 Å². The predicted molar refractivity (Wildman–Crippen MR) is 85.7 cm³/mol. The quantitative estimate of drug-likeness (QED) is 0.505. The Morgan fingerprint density at radius 2 is 1.78 bits per heavy atom. The molecule has 0 fully saturated rings. The van der Waals surface area contributed by atoms with Crippen LogP contribution in [0.15, 0.2) is 51.7 Å². The van der Waals surface area contributed by atoms with E-state index in [2.05, 4.69) is 20.1 Å². The van der Waals surface area contributed by atoms with Crippen molar-refractivity contribution in [2.24, 2.45) is 0 Å². The number of hydrogen-bond donors (Lipinski definition) is 0. The smallest absolute Gasteiger partial charge is 0.372 e. The summed E-state index contributed by atoms with van der Waals surface area (Å²) in [5, 5.41) is 3.01. The maximum Gasteiger partial charge on any atom is 0.451 e. The van der Waals surface area contributed by atoms with Crippen molar-refractivity contribution in [3.8, 4) is 0 Å². The van der Waals surface area contributed by atoms with Crippen LogP contribution in [0.2, 0.25) is 0 Å². The van der Waals surface area contributed by atoms with Crippen molar-refractivity contribution >= 4 is 41.9 Å². The number of alkyl halides is 3. The molecule has 0 saturated heterocycles. The molecule has 1 aromatic heterocycles. The predicted octanol–water partition coefficient (Wildman–Crippen LogP) is 5.09. The van der Waals surface area contributed by atoms with Gasteiger partial charge in [0.2, 0.25) is 5.76 Å². The molecule has 3 nitrogen and oxygen atoms in total. The number of hydrogen-bond acceptors (Lipinski definition) is 4. The largest absolute Gasteiger partial charge is 0.451 e. The summed E-state index contributed by atoms with van der Waals surface area (Å²) in [7, 11) is -4.60. The fourth-order valence-corrected chi connectivity index (χ4v) is 4.01. The molecule has 0 aliphatic rings. The van der Waals surface area contributed by atoms with Gasteiger partial charge in [0.25, 0.3) is 0 Å². The van der Waals surface area contributed by atoms with E-state index in [1.54, 1.807) is 12.3 Å². The number of allylic oxidation sites excluding steroid dienone is 1. The minimum atomic E-state index is -4.97. The molecule has 0 bridgehead atoms. The third-order valence-corrected chi connectivity index (χ3v) is 5.47. The van der Waals surface area contributed by atoms with Crippen molar-refractivity contribution in [3.05, 3.63) is 58.0 Å². The van der Waals surface area contributed by atoms with Crippen LogP contribution in [-0.2, 0) is 14.3 Å². The first-order valence-electron chi connectivity index (χ1n) is 6.12. The standard InChI is InChI=1S/C14H10BrF3O3S2/c1-9-2-4-11(5-3-9)23(19,20)21-13(14(16,17)18)12(15)10-6-7-22-8-10/h2-8H,1H3/b13-12+. The Morgan fingerprint density at radius 3 is 2.26 bits per heavy atom. The van der Waals surface area contributed by atoms with E-state index in [4.69, 9.17) is 0 Å². The Kier molecular flexibility index (Phi) is 5.22. The minimum absolute atomic E-state index is 0.182. The topological polar surface area (TPSA) is 43.4 Å². The zero-order valence-electron chi connectivity index (χ0n) is 11.6. The van der Waals surface area contributed by atoms with Crippen LogP contribution in [0.4, 0.5) is 13.2 Å². The zero-order valence-corrected chi connectivity index (χ0v) is 14.8. The van der Waals surface area contributed by atoms with Crippen molar-refractivity contribution in [1.82, 2.24) is 0 Å². The molecular weight excluding hydrogens is 417 g/mol. The van der Waals surface area contributed by atoms with Crippen LogP contribution in [0, 0.1) is 6.92 Å². The second-order valence-electron chi connectivity index (χ2n) is 4.50. The van der Waals surface area contributed by atoms with Gasteiger partial charge in [-0.05, 0) is 51.8 Å². The summed E-state index contributed by atoms with van der Waals surface area (Å²) >= 11 is 3.96. The Labute approximate surface area is 143 Å². The molecule has 0 aliphatic heterocycles. The fourth-order valence-electron chi connectivity index (χ4n) is 1.59. The maximum absolute atomic E-state index is 13.2. The third kappa shape index (κ3) is 4.36. The Bertz CT molecular complexity index is 808. The molecule has 0 atom stereocenters. The fraction of sp³-hybridized carbons (Fsp3) is 0.143. The molecule has 1 heterocycles. The molecule has 124 valence electrons. The van der Waals surface area contributed by atoms with Crippen LogP contribution in [0.25, 0.3) is 4.48 Å². The number of rotatable bonds is 4. The monoisotopic (exact) mass is 426 g/mol. The van der Waals surface area contributed by atoms with Gasteiger partial charge in [-0.25, -0.2) is 0 Å². The highest BCUT2D eigenvalue weighted by Gasteiger charge is 2.42. The van der Waals surface area contributed by atoms with Crippen molar-refractivity contribution in [2.75, 3.05) is 0 Å². The summed E-state index contributed by atoms with van der Waals surface area (Å²) in [4.78, 5) is -0.351. The molecule has 2 aromatic rings. The normalized spacial score (nSPS) is 13.6. The Morgan fingerprint density at radius 1 is 1.17 bits per heavy atom. The van der Waals surface area contributed by atoms with Crippen LogP contribution < -0.4 is 0 Å². The molecule has 0 aliphatic carbocycles. The molecule has 0 N–H and O–H groups in total. The van der Waals surface area contributed by atoms with Gasteiger partial charge in [0, 0.05) is 5.56 Å². The number of thiophene rings is 1. The van der Waals surface area contributed by atoms with Crippen LogP contribution >= 0.6 is 27.3 Å². The molecule has 0 saturated carbocycles. The molecule has 9 heteroatoms. The first-order valence-corrected chi connectivity index (χ1v) is 9.26. The molecule has 0 spiro atoms. The lowest BCUT2D eigenvalue weighted by Gasteiger charge is -2.15. The number of halogens is 4.